The van der Waals surface area contributed by atoms with Crippen molar-refractivity contribution in [2.45, 2.75) is 126 Å². The standard InChI is InChI=1S/C26H50P4/c1-17-9-10-18(2)27(17)11-13-29-21(5)16-25(22(29)6)26-23(7)30(24(26)8)14-12-28-19(3)15-20(28)4/h17-26H,9-16H2,1-8H3/t17-,18-,19-,20-,21-,22-,23-,24-,25?,26?,29?,30?/m0/s1. The summed E-state index contributed by atoms with van der Waals surface area (Å²) in [6, 6.07) is 0. The molecule has 0 N–H and O–H groups in total. The Labute approximate surface area is 194 Å². The number of rotatable bonds is 7. The molecule has 0 bridgehead atoms. The van der Waals surface area contributed by atoms with Gasteiger partial charge in [-0.05, 0) is 107 Å². The highest BCUT2D eigenvalue weighted by Gasteiger charge is 2.53. The summed E-state index contributed by atoms with van der Waals surface area (Å²) < 4.78 is 0. The molecule has 4 fully saturated rings. The fourth-order valence-corrected chi connectivity index (χ4v) is 23.2. The second-order valence-corrected chi connectivity index (χ2v) is 24.5. The van der Waals surface area contributed by atoms with Crippen LogP contribution in [0.2, 0.25) is 0 Å². The highest BCUT2D eigenvalue weighted by atomic mass is 31.1. The summed E-state index contributed by atoms with van der Waals surface area (Å²) >= 11 is 0. The fourth-order valence-electron chi connectivity index (χ4n) is 8.17. The van der Waals surface area contributed by atoms with Crippen molar-refractivity contribution in [1.29, 1.82) is 0 Å². The molecule has 4 heteroatoms. The molecule has 0 spiro atoms. The first-order chi connectivity index (χ1) is 14.2. The lowest BCUT2D eigenvalue weighted by atomic mass is 9.81. The van der Waals surface area contributed by atoms with Gasteiger partial charge in [0.1, 0.15) is 0 Å². The van der Waals surface area contributed by atoms with E-state index in [0.717, 1.165) is 57.1 Å². The first-order valence-corrected chi connectivity index (χ1v) is 19.9. The Hall–Kier alpha value is 1.72. The second-order valence-electron chi connectivity index (χ2n) is 11.7. The molecule has 0 aliphatic carbocycles. The monoisotopic (exact) mass is 486 g/mol. The Morgan fingerprint density at radius 2 is 0.900 bits per heavy atom. The summed E-state index contributed by atoms with van der Waals surface area (Å²) in [5, 5.41) is 0. The van der Waals surface area contributed by atoms with Crippen LogP contribution in [0.4, 0.5) is 0 Å². The van der Waals surface area contributed by atoms with Crippen molar-refractivity contribution in [2.24, 2.45) is 11.8 Å². The van der Waals surface area contributed by atoms with E-state index >= 15 is 0 Å². The minimum atomic E-state index is 0.285. The van der Waals surface area contributed by atoms with E-state index in [9.17, 15) is 0 Å². The smallest absolute Gasteiger partial charge is 0.0198 e. The van der Waals surface area contributed by atoms with Gasteiger partial charge in [-0.25, -0.2) is 0 Å². The van der Waals surface area contributed by atoms with Crippen molar-refractivity contribution in [1.82, 2.24) is 0 Å². The van der Waals surface area contributed by atoms with Crippen LogP contribution in [0.5, 0.6) is 0 Å². The summed E-state index contributed by atoms with van der Waals surface area (Å²) in [6.45, 7) is 20.9. The largest absolute Gasteiger partial charge is 0.101 e. The molecule has 4 heterocycles. The van der Waals surface area contributed by atoms with E-state index in [2.05, 4.69) is 55.4 Å². The lowest BCUT2D eigenvalue weighted by Gasteiger charge is -2.55. The maximum atomic E-state index is 2.70. The molecule has 4 saturated heterocycles. The van der Waals surface area contributed by atoms with Gasteiger partial charge in [-0.1, -0.05) is 63.3 Å². The van der Waals surface area contributed by atoms with Crippen LogP contribution in [0.3, 0.4) is 0 Å². The molecule has 0 radical (unpaired) electrons. The predicted octanol–water partition coefficient (Wildman–Crippen LogP) is 8.87. The Morgan fingerprint density at radius 3 is 1.43 bits per heavy atom. The van der Waals surface area contributed by atoms with Gasteiger partial charge in [-0.15, -0.1) is 23.8 Å². The Morgan fingerprint density at radius 1 is 0.467 bits per heavy atom. The van der Waals surface area contributed by atoms with Gasteiger partial charge in [-0.3, -0.25) is 0 Å². The third-order valence-corrected chi connectivity index (χ3v) is 24.8. The highest BCUT2D eigenvalue weighted by Crippen LogP contribution is 2.72. The summed E-state index contributed by atoms with van der Waals surface area (Å²) in [7, 11) is 1.35. The molecule has 174 valence electrons. The topological polar surface area (TPSA) is 0 Å². The number of hydrogen-bond donors (Lipinski definition) is 0. The molecule has 10 atom stereocenters. The predicted molar refractivity (Wildman–Crippen MR) is 148 cm³/mol. The van der Waals surface area contributed by atoms with Crippen molar-refractivity contribution in [3.63, 3.8) is 0 Å². The van der Waals surface area contributed by atoms with Crippen molar-refractivity contribution >= 4 is 31.7 Å². The van der Waals surface area contributed by atoms with Gasteiger partial charge >= 0.3 is 0 Å². The molecule has 30 heavy (non-hydrogen) atoms. The van der Waals surface area contributed by atoms with Crippen LogP contribution in [0.1, 0.15) is 81.1 Å². The zero-order chi connectivity index (χ0) is 21.7. The zero-order valence-electron chi connectivity index (χ0n) is 21.2. The molecular formula is C26H50P4. The van der Waals surface area contributed by atoms with Crippen LogP contribution in [-0.4, -0.2) is 69.9 Å². The van der Waals surface area contributed by atoms with Crippen LogP contribution in [-0.2, 0) is 0 Å². The van der Waals surface area contributed by atoms with Crippen LogP contribution in [0, 0.1) is 11.8 Å². The van der Waals surface area contributed by atoms with Crippen LogP contribution in [0.15, 0.2) is 0 Å². The van der Waals surface area contributed by atoms with Gasteiger partial charge in [0.05, 0.1) is 0 Å². The van der Waals surface area contributed by atoms with Gasteiger partial charge in [0.15, 0.2) is 0 Å². The Kier molecular flexibility index (Phi) is 8.40. The van der Waals surface area contributed by atoms with E-state index in [1.54, 1.807) is 31.1 Å². The van der Waals surface area contributed by atoms with Gasteiger partial charge in [0, 0.05) is 0 Å². The average molecular weight is 487 g/mol. The van der Waals surface area contributed by atoms with E-state index < -0.39 is 0 Å². The van der Waals surface area contributed by atoms with Gasteiger partial charge in [-0.2, -0.15) is 0 Å². The van der Waals surface area contributed by atoms with E-state index in [4.69, 9.17) is 0 Å². The van der Waals surface area contributed by atoms with Crippen LogP contribution in [0.25, 0.3) is 0 Å². The molecule has 0 saturated carbocycles. The fraction of sp³-hybridized carbons (Fsp3) is 1.00. The third kappa shape index (κ3) is 4.64. The van der Waals surface area contributed by atoms with Crippen LogP contribution < -0.4 is 0 Å². The van der Waals surface area contributed by atoms with Crippen molar-refractivity contribution < 1.29 is 0 Å². The molecule has 2 unspecified atom stereocenters. The summed E-state index contributed by atoms with van der Waals surface area (Å²) in [5.74, 6) is 2.16. The minimum Gasteiger partial charge on any atom is -0.101 e. The molecule has 4 rings (SSSR count). The SMILES string of the molecule is C[C@H]1CC[C@H](C)P1CCP1[C@@H](C)CC(C2[C@H](C)P(CCP3[C@@H](C)C[C@@H]3C)[C@H]2C)[C@@H]1C. The van der Waals surface area contributed by atoms with Crippen LogP contribution >= 0.6 is 31.7 Å². The Bertz CT molecular complexity index is 553. The maximum Gasteiger partial charge on any atom is -0.0198 e. The lowest BCUT2D eigenvalue weighted by Crippen LogP contribution is -2.46. The van der Waals surface area contributed by atoms with Gasteiger partial charge in [0.25, 0.3) is 0 Å². The van der Waals surface area contributed by atoms with Gasteiger partial charge < -0.3 is 0 Å². The van der Waals surface area contributed by atoms with Crippen molar-refractivity contribution in [2.75, 3.05) is 24.6 Å². The van der Waals surface area contributed by atoms with Crippen molar-refractivity contribution in [3.8, 4) is 0 Å². The summed E-state index contributed by atoms with van der Waals surface area (Å²) in [4.78, 5) is 0. The lowest BCUT2D eigenvalue weighted by molar-refractivity contribution is 0.287. The average Bonchev–Trinajstić information content (AvgIpc) is 3.15. The maximum absolute atomic E-state index is 2.70. The molecule has 0 aromatic rings. The third-order valence-electron chi connectivity index (χ3n) is 10.2. The molecular weight excluding hydrogens is 436 g/mol. The van der Waals surface area contributed by atoms with E-state index in [1.165, 1.54) is 19.3 Å². The first-order valence-electron chi connectivity index (χ1n) is 13.2. The quantitative estimate of drug-likeness (QED) is 0.315. The molecule has 4 aliphatic rings. The highest BCUT2D eigenvalue weighted by molar-refractivity contribution is 7.65. The van der Waals surface area contributed by atoms with Crippen molar-refractivity contribution in [3.05, 3.63) is 0 Å². The van der Waals surface area contributed by atoms with E-state index in [1.807, 2.05) is 0 Å². The van der Waals surface area contributed by atoms with E-state index in [0.29, 0.717) is 23.8 Å². The normalized spacial score (nSPS) is 52.4. The summed E-state index contributed by atoms with van der Waals surface area (Å²) in [5.41, 5.74) is 8.55. The first kappa shape index (κ1) is 24.8. The van der Waals surface area contributed by atoms with Gasteiger partial charge in [0.2, 0.25) is 0 Å². The van der Waals surface area contributed by atoms with E-state index in [-0.39, 0.29) is 7.92 Å². The Balaban J connectivity index is 1.29. The summed E-state index contributed by atoms with van der Waals surface area (Å²) in [6.07, 6.45) is 12.6. The zero-order valence-corrected chi connectivity index (χ0v) is 24.8. The molecule has 0 nitrogen and oxygen atoms in total. The molecule has 0 aromatic heterocycles. The second kappa shape index (κ2) is 10.1. The molecule has 4 aliphatic heterocycles. The minimum absolute atomic E-state index is 0.285. The molecule has 0 amide bonds. The number of hydrogen-bond acceptors (Lipinski definition) is 0. The molecule has 0 aromatic carbocycles.